The third-order valence-electron chi connectivity index (χ3n) is 5.64. The van der Waals surface area contributed by atoms with Gasteiger partial charge in [-0.3, -0.25) is 14.5 Å². The number of aromatic amines is 1. The van der Waals surface area contributed by atoms with E-state index in [-0.39, 0.29) is 11.9 Å². The van der Waals surface area contributed by atoms with Crippen LogP contribution >= 0.6 is 0 Å². The highest BCUT2D eigenvalue weighted by Gasteiger charge is 2.32. The van der Waals surface area contributed by atoms with E-state index in [2.05, 4.69) is 9.88 Å². The fourth-order valence-electron chi connectivity index (χ4n) is 4.01. The maximum atomic E-state index is 13.0. The van der Waals surface area contributed by atoms with Crippen molar-refractivity contribution in [3.8, 4) is 11.4 Å². The Balaban J connectivity index is 1.50. The van der Waals surface area contributed by atoms with E-state index in [9.17, 15) is 9.59 Å². The zero-order chi connectivity index (χ0) is 19.0. The highest BCUT2D eigenvalue weighted by atomic mass is 16.2. The van der Waals surface area contributed by atoms with Crippen LogP contribution in [0.15, 0.2) is 24.3 Å². The zero-order valence-corrected chi connectivity index (χ0v) is 15.6. The van der Waals surface area contributed by atoms with Gasteiger partial charge in [0.15, 0.2) is 0 Å². The SMILES string of the molecule is CN1CCCC[C@H]1C(=O)N1CCc2nc(-c3ccc(C(N)=O)cc3)[nH]c2C1. The van der Waals surface area contributed by atoms with Gasteiger partial charge in [0.05, 0.1) is 24.0 Å². The number of piperidine rings is 1. The lowest BCUT2D eigenvalue weighted by Crippen LogP contribution is -2.50. The minimum atomic E-state index is -0.442. The summed E-state index contributed by atoms with van der Waals surface area (Å²) < 4.78 is 0. The second-order valence-electron chi connectivity index (χ2n) is 7.45. The number of rotatable bonds is 3. The Morgan fingerprint density at radius 2 is 1.96 bits per heavy atom. The van der Waals surface area contributed by atoms with Gasteiger partial charge in [-0.25, -0.2) is 4.98 Å². The smallest absolute Gasteiger partial charge is 0.248 e. The van der Waals surface area contributed by atoms with Gasteiger partial charge in [-0.15, -0.1) is 0 Å². The molecule has 1 aromatic carbocycles. The first-order valence-corrected chi connectivity index (χ1v) is 9.50. The molecule has 1 atom stereocenters. The highest BCUT2D eigenvalue weighted by molar-refractivity contribution is 5.93. The van der Waals surface area contributed by atoms with Crippen molar-refractivity contribution in [2.45, 2.75) is 38.3 Å². The molecule has 2 aliphatic rings. The summed E-state index contributed by atoms with van der Waals surface area (Å²) >= 11 is 0. The number of primary amides is 1. The van der Waals surface area contributed by atoms with Crippen LogP contribution < -0.4 is 5.73 Å². The van der Waals surface area contributed by atoms with Crippen LogP contribution in [0.2, 0.25) is 0 Å². The fraction of sp³-hybridized carbons (Fsp3) is 0.450. The summed E-state index contributed by atoms with van der Waals surface area (Å²) in [5.74, 6) is 0.548. The highest BCUT2D eigenvalue weighted by Crippen LogP contribution is 2.25. The topological polar surface area (TPSA) is 95.3 Å². The van der Waals surface area contributed by atoms with Gasteiger partial charge in [0, 0.05) is 24.1 Å². The molecule has 1 fully saturated rings. The number of imidazole rings is 1. The molecule has 1 aromatic heterocycles. The Kier molecular flexibility index (Phi) is 4.70. The maximum absolute atomic E-state index is 13.0. The van der Waals surface area contributed by atoms with E-state index in [1.165, 1.54) is 6.42 Å². The summed E-state index contributed by atoms with van der Waals surface area (Å²) in [4.78, 5) is 36.4. The van der Waals surface area contributed by atoms with Crippen LogP contribution in [-0.4, -0.2) is 57.8 Å². The number of nitrogens with one attached hydrogen (secondary N) is 1. The third-order valence-corrected chi connectivity index (χ3v) is 5.64. The predicted molar refractivity (Wildman–Crippen MR) is 102 cm³/mol. The number of likely N-dealkylation sites (N-methyl/N-ethyl adjacent to an activating group) is 1. The molecular formula is C20H25N5O2. The number of nitrogens with zero attached hydrogens (tertiary/aromatic N) is 3. The van der Waals surface area contributed by atoms with Crippen LogP contribution in [0.3, 0.4) is 0 Å². The van der Waals surface area contributed by atoms with Gasteiger partial charge in [0.25, 0.3) is 0 Å². The molecule has 2 amide bonds. The Bertz CT molecular complexity index is 858. The lowest BCUT2D eigenvalue weighted by molar-refractivity contribution is -0.138. The molecule has 0 bridgehead atoms. The number of amides is 2. The number of hydrogen-bond donors (Lipinski definition) is 2. The average molecular weight is 367 g/mol. The predicted octanol–water partition coefficient (Wildman–Crippen LogP) is 1.54. The summed E-state index contributed by atoms with van der Waals surface area (Å²) in [5, 5.41) is 0. The number of carbonyl (C=O) groups excluding carboxylic acids is 2. The van der Waals surface area contributed by atoms with Gasteiger partial charge in [0.1, 0.15) is 5.82 Å². The number of nitrogens with two attached hydrogens (primary N) is 1. The number of hydrogen-bond acceptors (Lipinski definition) is 4. The van der Waals surface area contributed by atoms with E-state index in [4.69, 9.17) is 10.7 Å². The summed E-state index contributed by atoms with van der Waals surface area (Å²) in [6.45, 7) is 2.27. The molecule has 0 radical (unpaired) electrons. The second kappa shape index (κ2) is 7.15. The van der Waals surface area contributed by atoms with Gasteiger partial charge in [-0.2, -0.15) is 0 Å². The quantitative estimate of drug-likeness (QED) is 0.860. The zero-order valence-electron chi connectivity index (χ0n) is 15.6. The minimum Gasteiger partial charge on any atom is -0.366 e. The van der Waals surface area contributed by atoms with E-state index < -0.39 is 5.91 Å². The van der Waals surface area contributed by atoms with Crippen LogP contribution in [0.1, 0.15) is 41.0 Å². The lowest BCUT2D eigenvalue weighted by Gasteiger charge is -2.36. The molecule has 0 saturated carbocycles. The van der Waals surface area contributed by atoms with Crippen molar-refractivity contribution in [1.82, 2.24) is 19.8 Å². The van der Waals surface area contributed by atoms with Gasteiger partial charge in [0.2, 0.25) is 11.8 Å². The Morgan fingerprint density at radius 3 is 2.67 bits per heavy atom. The van der Waals surface area contributed by atoms with Crippen molar-refractivity contribution in [3.63, 3.8) is 0 Å². The normalized spacial score (nSPS) is 20.3. The first kappa shape index (κ1) is 17.7. The molecule has 2 aliphatic heterocycles. The molecule has 2 aromatic rings. The molecule has 0 spiro atoms. The van der Waals surface area contributed by atoms with E-state index in [1.54, 1.807) is 12.1 Å². The number of aromatic nitrogens is 2. The molecule has 7 nitrogen and oxygen atoms in total. The summed E-state index contributed by atoms with van der Waals surface area (Å²) in [5.41, 5.74) is 8.69. The van der Waals surface area contributed by atoms with Crippen molar-refractivity contribution in [3.05, 3.63) is 41.2 Å². The summed E-state index contributed by atoms with van der Waals surface area (Å²) in [7, 11) is 2.04. The Labute approximate surface area is 158 Å². The molecule has 142 valence electrons. The van der Waals surface area contributed by atoms with E-state index in [0.29, 0.717) is 18.7 Å². The minimum absolute atomic E-state index is 0.00374. The number of fused-ring (bicyclic) bond motifs is 1. The molecule has 0 unspecified atom stereocenters. The van der Waals surface area contributed by atoms with Crippen molar-refractivity contribution in [2.75, 3.05) is 20.1 Å². The Morgan fingerprint density at radius 1 is 1.19 bits per heavy atom. The molecule has 7 heteroatoms. The van der Waals surface area contributed by atoms with Gasteiger partial charge in [-0.05, 0) is 38.6 Å². The van der Waals surface area contributed by atoms with Crippen LogP contribution in [-0.2, 0) is 17.8 Å². The van der Waals surface area contributed by atoms with Crippen LogP contribution in [0, 0.1) is 0 Å². The lowest BCUT2D eigenvalue weighted by atomic mass is 10.0. The summed E-state index contributed by atoms with van der Waals surface area (Å²) in [6, 6.07) is 7.08. The van der Waals surface area contributed by atoms with E-state index in [1.807, 2.05) is 24.1 Å². The van der Waals surface area contributed by atoms with E-state index in [0.717, 1.165) is 48.6 Å². The monoisotopic (exact) mass is 367 g/mol. The Hall–Kier alpha value is -2.67. The third kappa shape index (κ3) is 3.47. The fourth-order valence-corrected chi connectivity index (χ4v) is 4.01. The first-order chi connectivity index (χ1) is 13.0. The second-order valence-corrected chi connectivity index (χ2v) is 7.45. The van der Waals surface area contributed by atoms with Crippen molar-refractivity contribution >= 4 is 11.8 Å². The number of H-pyrrole nitrogens is 1. The van der Waals surface area contributed by atoms with Crippen molar-refractivity contribution in [2.24, 2.45) is 5.73 Å². The van der Waals surface area contributed by atoms with Crippen molar-refractivity contribution < 1.29 is 9.59 Å². The van der Waals surface area contributed by atoms with Crippen LogP contribution in [0.4, 0.5) is 0 Å². The number of likely N-dealkylation sites (tertiary alicyclic amines) is 1. The van der Waals surface area contributed by atoms with Gasteiger partial charge in [-0.1, -0.05) is 18.6 Å². The molecular weight excluding hydrogens is 342 g/mol. The van der Waals surface area contributed by atoms with Crippen LogP contribution in [0.25, 0.3) is 11.4 Å². The molecule has 1 saturated heterocycles. The largest absolute Gasteiger partial charge is 0.366 e. The van der Waals surface area contributed by atoms with Crippen LogP contribution in [0.5, 0.6) is 0 Å². The molecule has 4 rings (SSSR count). The maximum Gasteiger partial charge on any atom is 0.248 e. The molecule has 0 aliphatic carbocycles. The standard InChI is InChI=1S/C20H25N5O2/c1-24-10-3-2-4-17(24)20(27)25-11-9-15-16(12-25)23-19(22-15)14-7-5-13(6-8-14)18(21)26/h5-8,17H,2-4,9-12H2,1H3,(H2,21,26)(H,22,23)/t17-/m0/s1. The van der Waals surface area contributed by atoms with Gasteiger partial charge < -0.3 is 15.6 Å². The van der Waals surface area contributed by atoms with Gasteiger partial charge >= 0.3 is 0 Å². The molecule has 3 N–H and O–H groups in total. The number of benzene rings is 1. The molecule has 27 heavy (non-hydrogen) atoms. The number of carbonyl (C=O) groups is 2. The van der Waals surface area contributed by atoms with Crippen molar-refractivity contribution in [1.29, 1.82) is 0 Å². The molecule has 3 heterocycles. The average Bonchev–Trinajstić information content (AvgIpc) is 3.11. The summed E-state index contributed by atoms with van der Waals surface area (Å²) in [6.07, 6.45) is 3.99. The first-order valence-electron chi connectivity index (χ1n) is 9.50. The van der Waals surface area contributed by atoms with E-state index >= 15 is 0 Å².